The summed E-state index contributed by atoms with van der Waals surface area (Å²) in [5.74, 6) is 0. The number of halogens is 1. The van der Waals surface area contributed by atoms with Crippen LogP contribution in [0.4, 0.5) is 11.4 Å². The lowest BCUT2D eigenvalue weighted by Crippen LogP contribution is -2.09. The van der Waals surface area contributed by atoms with Gasteiger partial charge in [0, 0.05) is 22.8 Å². The molecular formula is C14H11ClN4. The van der Waals surface area contributed by atoms with Crippen LogP contribution in [0.25, 0.3) is 10.9 Å². The largest absolute Gasteiger partial charge is 0.300 e. The molecule has 0 fully saturated rings. The fourth-order valence-corrected chi connectivity index (χ4v) is 1.97. The third-order valence-electron chi connectivity index (χ3n) is 2.71. The summed E-state index contributed by atoms with van der Waals surface area (Å²) < 4.78 is 0. The first kappa shape index (κ1) is 11.7. The van der Waals surface area contributed by atoms with Gasteiger partial charge in [0.1, 0.15) is 0 Å². The van der Waals surface area contributed by atoms with Gasteiger partial charge < -0.3 is 5.43 Å². The average Bonchev–Trinajstić information content (AvgIpc) is 2.45. The van der Waals surface area contributed by atoms with E-state index in [-0.39, 0.29) is 0 Å². The maximum absolute atomic E-state index is 5.96. The summed E-state index contributed by atoms with van der Waals surface area (Å²) in [6.45, 7) is 0. The molecule has 0 saturated heterocycles. The zero-order chi connectivity index (χ0) is 13.1. The van der Waals surface area contributed by atoms with Crippen molar-refractivity contribution in [1.82, 2.24) is 9.97 Å². The molecule has 0 saturated carbocycles. The van der Waals surface area contributed by atoms with E-state index in [1.165, 1.54) is 0 Å². The van der Waals surface area contributed by atoms with Crippen LogP contribution in [0, 0.1) is 0 Å². The second-order valence-electron chi connectivity index (χ2n) is 4.01. The number of fused-ring (bicyclic) bond motifs is 1. The van der Waals surface area contributed by atoms with E-state index < -0.39 is 0 Å². The molecule has 1 aromatic carbocycles. The van der Waals surface area contributed by atoms with Crippen molar-refractivity contribution in [2.75, 3.05) is 10.9 Å². The van der Waals surface area contributed by atoms with Gasteiger partial charge in [-0.05, 0) is 36.4 Å². The highest BCUT2D eigenvalue weighted by atomic mass is 35.5. The summed E-state index contributed by atoms with van der Waals surface area (Å²) in [5.41, 5.74) is 8.92. The predicted molar refractivity (Wildman–Crippen MR) is 78.2 cm³/mol. The summed E-state index contributed by atoms with van der Waals surface area (Å²) in [6.07, 6.45) is 5.22. The lowest BCUT2D eigenvalue weighted by Gasteiger charge is -2.11. The second-order valence-corrected chi connectivity index (χ2v) is 4.45. The number of hydrogen-bond acceptors (Lipinski definition) is 4. The lowest BCUT2D eigenvalue weighted by molar-refractivity contribution is 1.30. The molecule has 19 heavy (non-hydrogen) atoms. The number of nitrogens with zero attached hydrogens (tertiary/aromatic N) is 2. The van der Waals surface area contributed by atoms with Gasteiger partial charge in [-0.3, -0.25) is 15.4 Å². The maximum Gasteiger partial charge on any atom is 0.0738 e. The highest BCUT2D eigenvalue weighted by molar-refractivity contribution is 6.31. The summed E-state index contributed by atoms with van der Waals surface area (Å²) in [7, 11) is 0. The number of pyridine rings is 2. The van der Waals surface area contributed by atoms with Crippen LogP contribution >= 0.6 is 11.6 Å². The molecule has 0 radical (unpaired) electrons. The number of rotatable bonds is 3. The van der Waals surface area contributed by atoms with Crippen LogP contribution in [0.2, 0.25) is 5.02 Å². The van der Waals surface area contributed by atoms with E-state index in [0.717, 1.165) is 22.3 Å². The van der Waals surface area contributed by atoms with E-state index in [4.69, 9.17) is 11.6 Å². The number of hydrogen-bond donors (Lipinski definition) is 2. The van der Waals surface area contributed by atoms with Gasteiger partial charge in [0.05, 0.1) is 23.1 Å². The van der Waals surface area contributed by atoms with Crippen molar-refractivity contribution < 1.29 is 0 Å². The van der Waals surface area contributed by atoms with Crippen LogP contribution in [-0.4, -0.2) is 9.97 Å². The first-order chi connectivity index (χ1) is 9.33. The molecule has 0 bridgehead atoms. The van der Waals surface area contributed by atoms with E-state index in [0.29, 0.717) is 5.02 Å². The van der Waals surface area contributed by atoms with Crippen molar-refractivity contribution in [3.8, 4) is 0 Å². The number of anilines is 2. The third kappa shape index (κ3) is 2.58. The Bertz CT molecular complexity index is 700. The Morgan fingerprint density at radius 3 is 2.79 bits per heavy atom. The Hall–Kier alpha value is -2.33. The third-order valence-corrected chi connectivity index (χ3v) is 2.94. The van der Waals surface area contributed by atoms with Crippen LogP contribution in [0.3, 0.4) is 0 Å². The predicted octanol–water partition coefficient (Wildman–Crippen LogP) is 3.72. The molecule has 4 nitrogen and oxygen atoms in total. The van der Waals surface area contributed by atoms with Crippen LogP contribution in [0.1, 0.15) is 0 Å². The molecule has 3 aromatic rings. The standard InChI is InChI=1S/C14H11ClN4/c15-10-3-4-12-13(5-7-17-14(12)8-10)19-18-11-2-1-6-16-9-11/h1-9,18H,(H,17,19). The van der Waals surface area contributed by atoms with Gasteiger partial charge in [-0.25, -0.2) is 0 Å². The molecule has 0 aliphatic heterocycles. The van der Waals surface area contributed by atoms with Gasteiger partial charge in [0.15, 0.2) is 0 Å². The van der Waals surface area contributed by atoms with Crippen molar-refractivity contribution in [2.45, 2.75) is 0 Å². The van der Waals surface area contributed by atoms with Crippen molar-refractivity contribution in [2.24, 2.45) is 0 Å². The van der Waals surface area contributed by atoms with Gasteiger partial charge in [-0.2, -0.15) is 0 Å². The number of hydrazine groups is 1. The maximum atomic E-state index is 5.96. The van der Waals surface area contributed by atoms with Crippen LogP contribution in [0.15, 0.2) is 55.0 Å². The highest BCUT2D eigenvalue weighted by Crippen LogP contribution is 2.24. The van der Waals surface area contributed by atoms with Crippen molar-refractivity contribution in [3.63, 3.8) is 0 Å². The summed E-state index contributed by atoms with van der Waals surface area (Å²) in [4.78, 5) is 8.33. The van der Waals surface area contributed by atoms with Gasteiger partial charge in [0.2, 0.25) is 0 Å². The molecule has 0 atom stereocenters. The molecule has 2 aromatic heterocycles. The van der Waals surface area contributed by atoms with Crippen LogP contribution in [0.5, 0.6) is 0 Å². The molecule has 3 rings (SSSR count). The first-order valence-corrected chi connectivity index (χ1v) is 6.17. The van der Waals surface area contributed by atoms with Crippen LogP contribution in [-0.2, 0) is 0 Å². The smallest absolute Gasteiger partial charge is 0.0738 e. The Morgan fingerprint density at radius 2 is 1.95 bits per heavy atom. The molecule has 0 amide bonds. The highest BCUT2D eigenvalue weighted by Gasteiger charge is 2.02. The van der Waals surface area contributed by atoms with E-state index in [2.05, 4.69) is 20.8 Å². The second kappa shape index (κ2) is 5.12. The van der Waals surface area contributed by atoms with Crippen molar-refractivity contribution in [3.05, 3.63) is 60.0 Å². The molecule has 2 N–H and O–H groups in total. The Balaban J connectivity index is 1.89. The fraction of sp³-hybridized carbons (Fsp3) is 0. The summed E-state index contributed by atoms with van der Waals surface area (Å²) in [5, 5.41) is 1.68. The lowest BCUT2D eigenvalue weighted by atomic mass is 10.2. The molecule has 0 aliphatic rings. The van der Waals surface area contributed by atoms with E-state index in [9.17, 15) is 0 Å². The molecule has 5 heteroatoms. The Labute approximate surface area is 115 Å². The fourth-order valence-electron chi connectivity index (χ4n) is 1.81. The first-order valence-electron chi connectivity index (χ1n) is 5.79. The number of aromatic nitrogens is 2. The van der Waals surface area contributed by atoms with E-state index >= 15 is 0 Å². The molecular weight excluding hydrogens is 260 g/mol. The average molecular weight is 271 g/mol. The summed E-state index contributed by atoms with van der Waals surface area (Å²) in [6, 6.07) is 11.3. The van der Waals surface area contributed by atoms with E-state index in [1.807, 2.05) is 36.4 Å². The minimum absolute atomic E-state index is 0.678. The SMILES string of the molecule is Clc1ccc2c(NNc3cccnc3)ccnc2c1. The number of nitrogens with one attached hydrogen (secondary N) is 2. The molecule has 0 unspecified atom stereocenters. The zero-order valence-corrected chi connectivity index (χ0v) is 10.7. The Morgan fingerprint density at radius 1 is 1.00 bits per heavy atom. The Kier molecular flexibility index (Phi) is 3.16. The normalized spacial score (nSPS) is 10.4. The van der Waals surface area contributed by atoms with Gasteiger partial charge in [-0.1, -0.05) is 11.6 Å². The van der Waals surface area contributed by atoms with Gasteiger partial charge >= 0.3 is 0 Å². The minimum Gasteiger partial charge on any atom is -0.300 e. The van der Waals surface area contributed by atoms with Crippen molar-refractivity contribution in [1.29, 1.82) is 0 Å². The minimum atomic E-state index is 0.678. The molecule has 0 spiro atoms. The van der Waals surface area contributed by atoms with E-state index in [1.54, 1.807) is 18.6 Å². The topological polar surface area (TPSA) is 49.8 Å². The monoisotopic (exact) mass is 270 g/mol. The molecule has 0 aliphatic carbocycles. The van der Waals surface area contributed by atoms with Crippen LogP contribution < -0.4 is 10.9 Å². The number of benzene rings is 1. The quantitative estimate of drug-likeness (QED) is 0.712. The van der Waals surface area contributed by atoms with Gasteiger partial charge in [0.25, 0.3) is 0 Å². The zero-order valence-electron chi connectivity index (χ0n) is 9.97. The van der Waals surface area contributed by atoms with Gasteiger partial charge in [-0.15, -0.1) is 0 Å². The summed E-state index contributed by atoms with van der Waals surface area (Å²) >= 11 is 5.96. The van der Waals surface area contributed by atoms with Crippen molar-refractivity contribution >= 4 is 33.9 Å². The molecule has 2 heterocycles. The molecule has 94 valence electrons.